The molecule has 0 spiro atoms. The highest BCUT2D eigenvalue weighted by atomic mass is 79.9. The second-order valence-corrected chi connectivity index (χ2v) is 7.54. The van der Waals surface area contributed by atoms with Gasteiger partial charge >= 0.3 is 0 Å². The van der Waals surface area contributed by atoms with Gasteiger partial charge in [0.2, 0.25) is 10.0 Å². The molecule has 0 heterocycles. The lowest BCUT2D eigenvalue weighted by Gasteiger charge is -2.41. The molecule has 0 aliphatic heterocycles. The first kappa shape index (κ1) is 14.0. The molecule has 0 unspecified atom stereocenters. The van der Waals surface area contributed by atoms with E-state index < -0.39 is 10.0 Å². The van der Waals surface area contributed by atoms with Crippen molar-refractivity contribution in [2.45, 2.75) is 50.0 Å². The summed E-state index contributed by atoms with van der Waals surface area (Å²) < 4.78 is 28.5. The van der Waals surface area contributed by atoms with E-state index in [1.54, 1.807) is 18.2 Å². The maximum atomic E-state index is 12.3. The predicted molar refractivity (Wildman–Crippen MR) is 76.1 cm³/mol. The lowest BCUT2D eigenvalue weighted by molar-refractivity contribution is 0.214. The van der Waals surface area contributed by atoms with Gasteiger partial charge in [0.15, 0.2) is 0 Å². The monoisotopic (exact) mass is 331 g/mol. The molecule has 1 N–H and O–H groups in total. The third-order valence-corrected chi connectivity index (χ3v) is 6.24. The number of hydrogen-bond donors (Lipinski definition) is 1. The molecule has 1 aromatic rings. The number of aryl methyl sites for hydroxylation is 1. The Morgan fingerprint density at radius 3 is 2.50 bits per heavy atom. The zero-order valence-electron chi connectivity index (χ0n) is 10.7. The molecule has 0 aromatic heterocycles. The summed E-state index contributed by atoms with van der Waals surface area (Å²) >= 11 is 3.38. The van der Waals surface area contributed by atoms with Crippen molar-refractivity contribution in [2.24, 2.45) is 0 Å². The van der Waals surface area contributed by atoms with E-state index in [1.807, 2.05) is 13.8 Å². The number of sulfonamides is 1. The molecule has 0 atom stereocenters. The standard InChI is InChI=1S/C13H18BrNO2S/c1-3-13(7-4-8-13)15-18(16,17)11-5-6-12(14)10(2)9-11/h5-6,9,15H,3-4,7-8H2,1-2H3. The van der Waals surface area contributed by atoms with Crippen molar-refractivity contribution in [3.05, 3.63) is 28.2 Å². The van der Waals surface area contributed by atoms with Crippen molar-refractivity contribution in [3.63, 3.8) is 0 Å². The fraction of sp³-hybridized carbons (Fsp3) is 0.538. The molecule has 1 aromatic carbocycles. The van der Waals surface area contributed by atoms with Gasteiger partial charge in [-0.15, -0.1) is 0 Å². The van der Waals surface area contributed by atoms with Gasteiger partial charge in [0.1, 0.15) is 0 Å². The molecule has 3 nitrogen and oxygen atoms in total. The lowest BCUT2D eigenvalue weighted by atomic mass is 9.76. The van der Waals surface area contributed by atoms with E-state index in [-0.39, 0.29) is 5.54 Å². The van der Waals surface area contributed by atoms with Gasteiger partial charge in [-0.1, -0.05) is 22.9 Å². The van der Waals surface area contributed by atoms with Gasteiger partial charge < -0.3 is 0 Å². The van der Waals surface area contributed by atoms with Gasteiger partial charge in [-0.3, -0.25) is 0 Å². The zero-order chi connectivity index (χ0) is 13.4. The summed E-state index contributed by atoms with van der Waals surface area (Å²) in [4.78, 5) is 0.350. The molecule has 18 heavy (non-hydrogen) atoms. The van der Waals surface area contributed by atoms with Crippen molar-refractivity contribution in [1.29, 1.82) is 0 Å². The Morgan fingerprint density at radius 1 is 1.39 bits per heavy atom. The van der Waals surface area contributed by atoms with Gasteiger partial charge in [-0.25, -0.2) is 13.1 Å². The van der Waals surface area contributed by atoms with E-state index in [4.69, 9.17) is 0 Å². The average molecular weight is 332 g/mol. The Labute approximate surface area is 117 Å². The van der Waals surface area contributed by atoms with Crippen LogP contribution in [0, 0.1) is 6.92 Å². The molecule has 100 valence electrons. The van der Waals surface area contributed by atoms with Crippen molar-refractivity contribution in [2.75, 3.05) is 0 Å². The molecule has 5 heteroatoms. The average Bonchev–Trinajstić information content (AvgIpc) is 2.27. The first-order valence-corrected chi connectivity index (χ1v) is 8.46. The Balaban J connectivity index is 2.28. The van der Waals surface area contributed by atoms with Crippen molar-refractivity contribution < 1.29 is 8.42 Å². The molecule has 2 rings (SSSR count). The van der Waals surface area contributed by atoms with Crippen LogP contribution in [0.1, 0.15) is 38.2 Å². The number of benzene rings is 1. The normalized spacial score (nSPS) is 18.4. The van der Waals surface area contributed by atoms with E-state index in [0.29, 0.717) is 4.90 Å². The second-order valence-electron chi connectivity index (χ2n) is 5.00. The summed E-state index contributed by atoms with van der Waals surface area (Å²) in [6.07, 6.45) is 3.84. The first-order valence-electron chi connectivity index (χ1n) is 6.19. The van der Waals surface area contributed by atoms with Crippen LogP contribution in [-0.2, 0) is 10.0 Å². The summed E-state index contributed by atoms with van der Waals surface area (Å²) in [5.74, 6) is 0. The van der Waals surface area contributed by atoms with E-state index >= 15 is 0 Å². The molecule has 1 aliphatic carbocycles. The molecular formula is C13H18BrNO2S. The molecule has 1 saturated carbocycles. The van der Waals surface area contributed by atoms with Crippen LogP contribution in [-0.4, -0.2) is 14.0 Å². The largest absolute Gasteiger partial charge is 0.241 e. The highest BCUT2D eigenvalue weighted by Crippen LogP contribution is 2.36. The van der Waals surface area contributed by atoms with Gasteiger partial charge in [-0.2, -0.15) is 0 Å². The topological polar surface area (TPSA) is 46.2 Å². The fourth-order valence-electron chi connectivity index (χ4n) is 2.26. The molecule has 0 bridgehead atoms. The zero-order valence-corrected chi connectivity index (χ0v) is 13.1. The van der Waals surface area contributed by atoms with Crippen molar-refractivity contribution >= 4 is 26.0 Å². The van der Waals surface area contributed by atoms with Crippen LogP contribution >= 0.6 is 15.9 Å². The Hall–Kier alpha value is -0.390. The number of nitrogens with one attached hydrogen (secondary N) is 1. The van der Waals surface area contributed by atoms with Crippen molar-refractivity contribution in [1.82, 2.24) is 4.72 Å². The summed E-state index contributed by atoms with van der Waals surface area (Å²) in [7, 11) is -3.40. The second kappa shape index (κ2) is 4.94. The predicted octanol–water partition coefficient (Wildman–Crippen LogP) is 3.37. The van der Waals surface area contributed by atoms with Crippen LogP contribution in [0.5, 0.6) is 0 Å². The SMILES string of the molecule is CCC1(NS(=O)(=O)c2ccc(Br)c(C)c2)CCC1. The van der Waals surface area contributed by atoms with Gasteiger partial charge in [0.05, 0.1) is 4.90 Å². The summed E-state index contributed by atoms with van der Waals surface area (Å²) in [6.45, 7) is 3.93. The van der Waals surface area contributed by atoms with Gasteiger partial charge in [0.25, 0.3) is 0 Å². The number of halogens is 1. The summed E-state index contributed by atoms with van der Waals surface area (Å²) in [5.41, 5.74) is 0.719. The smallest absolute Gasteiger partial charge is 0.207 e. The van der Waals surface area contributed by atoms with Crippen LogP contribution in [0.2, 0.25) is 0 Å². The van der Waals surface area contributed by atoms with E-state index in [0.717, 1.165) is 35.7 Å². The quantitative estimate of drug-likeness (QED) is 0.919. The Morgan fingerprint density at radius 2 is 2.06 bits per heavy atom. The van der Waals surface area contributed by atoms with Crippen LogP contribution in [0.3, 0.4) is 0 Å². The van der Waals surface area contributed by atoms with E-state index in [1.165, 1.54) is 0 Å². The highest BCUT2D eigenvalue weighted by molar-refractivity contribution is 9.10. The van der Waals surface area contributed by atoms with Gasteiger partial charge in [0, 0.05) is 10.0 Å². The lowest BCUT2D eigenvalue weighted by Crippen LogP contribution is -2.52. The minimum absolute atomic E-state index is 0.209. The number of hydrogen-bond acceptors (Lipinski definition) is 2. The molecule has 1 fully saturated rings. The third-order valence-electron chi connectivity index (χ3n) is 3.78. The van der Waals surface area contributed by atoms with Crippen LogP contribution < -0.4 is 4.72 Å². The minimum Gasteiger partial charge on any atom is -0.207 e. The number of rotatable bonds is 4. The highest BCUT2D eigenvalue weighted by Gasteiger charge is 2.39. The molecule has 0 amide bonds. The molecule has 0 radical (unpaired) electrons. The molecule has 0 saturated heterocycles. The van der Waals surface area contributed by atoms with E-state index in [2.05, 4.69) is 20.7 Å². The summed E-state index contributed by atoms with van der Waals surface area (Å²) in [6, 6.07) is 5.12. The Bertz CT molecular complexity index is 545. The maximum Gasteiger partial charge on any atom is 0.241 e. The molecular weight excluding hydrogens is 314 g/mol. The van der Waals surface area contributed by atoms with E-state index in [9.17, 15) is 8.42 Å². The minimum atomic E-state index is -3.40. The first-order chi connectivity index (χ1) is 8.38. The van der Waals surface area contributed by atoms with Crippen LogP contribution in [0.4, 0.5) is 0 Å². The maximum absolute atomic E-state index is 12.3. The van der Waals surface area contributed by atoms with Gasteiger partial charge in [-0.05, 0) is 56.4 Å². The fourth-order valence-corrected chi connectivity index (χ4v) is 4.12. The van der Waals surface area contributed by atoms with Crippen molar-refractivity contribution in [3.8, 4) is 0 Å². The van der Waals surface area contributed by atoms with Crippen LogP contribution in [0.25, 0.3) is 0 Å². The van der Waals surface area contributed by atoms with Crippen LogP contribution in [0.15, 0.2) is 27.6 Å². The molecule has 1 aliphatic rings. The third kappa shape index (κ3) is 2.63. The summed E-state index contributed by atoms with van der Waals surface area (Å²) in [5, 5.41) is 0. The Kier molecular flexibility index (Phi) is 3.85.